The largest absolute Gasteiger partial charge is 0.311 e. The van der Waals surface area contributed by atoms with Crippen LogP contribution in [0.25, 0.3) is 0 Å². The Kier molecular flexibility index (Phi) is 3.87. The molecule has 0 aliphatic heterocycles. The van der Waals surface area contributed by atoms with Crippen LogP contribution in [-0.2, 0) is 7.05 Å². The van der Waals surface area contributed by atoms with E-state index in [-0.39, 0.29) is 0 Å². The number of aromatic nitrogens is 2. The molecular weight excluding hydrogens is 210 g/mol. The van der Waals surface area contributed by atoms with E-state index in [1.807, 2.05) is 4.68 Å². The van der Waals surface area contributed by atoms with E-state index in [2.05, 4.69) is 44.4 Å². The summed E-state index contributed by atoms with van der Waals surface area (Å²) in [6, 6.07) is 2.69. The summed E-state index contributed by atoms with van der Waals surface area (Å²) in [5.41, 5.74) is 2.46. The van der Waals surface area contributed by atoms with Gasteiger partial charge in [-0.25, -0.2) is 0 Å². The Morgan fingerprint density at radius 1 is 1.35 bits per heavy atom. The number of rotatable bonds is 3. The van der Waals surface area contributed by atoms with Crippen LogP contribution in [0.1, 0.15) is 50.0 Å². The van der Waals surface area contributed by atoms with Crippen molar-refractivity contribution in [2.45, 2.75) is 45.6 Å². The van der Waals surface area contributed by atoms with Crippen molar-refractivity contribution in [3.05, 3.63) is 17.5 Å². The second-order valence-corrected chi connectivity index (χ2v) is 5.62. The third kappa shape index (κ3) is 2.71. The summed E-state index contributed by atoms with van der Waals surface area (Å²) < 4.78 is 2.04. The summed E-state index contributed by atoms with van der Waals surface area (Å²) in [6.45, 7) is 4.44. The average Bonchev–Trinajstić information content (AvgIpc) is 2.62. The topological polar surface area (TPSA) is 29.9 Å². The molecule has 1 saturated carbocycles. The first-order chi connectivity index (χ1) is 8.11. The highest BCUT2D eigenvalue weighted by atomic mass is 15.3. The van der Waals surface area contributed by atoms with Crippen molar-refractivity contribution in [2.24, 2.45) is 18.9 Å². The van der Waals surface area contributed by atoms with Gasteiger partial charge in [-0.15, -0.1) is 0 Å². The first kappa shape index (κ1) is 12.6. The molecule has 1 heterocycles. The van der Waals surface area contributed by atoms with Crippen molar-refractivity contribution in [3.8, 4) is 0 Å². The average molecular weight is 235 g/mol. The van der Waals surface area contributed by atoms with Crippen LogP contribution in [-0.4, -0.2) is 16.8 Å². The molecule has 3 nitrogen and oxygen atoms in total. The van der Waals surface area contributed by atoms with Crippen LogP contribution in [0.4, 0.5) is 0 Å². The summed E-state index contributed by atoms with van der Waals surface area (Å²) in [6.07, 6.45) is 5.44. The Labute approximate surface area is 105 Å². The van der Waals surface area contributed by atoms with Gasteiger partial charge >= 0.3 is 0 Å². The standard InChI is InChI=1S/C14H25N3/c1-10-5-7-12(8-6-10)14(15-3)13-9-11(2)16-17(13)4/h9-10,12,14-15H,5-8H2,1-4H3. The van der Waals surface area contributed by atoms with Crippen LogP contribution in [0.5, 0.6) is 0 Å². The quantitative estimate of drug-likeness (QED) is 0.873. The molecule has 1 atom stereocenters. The molecule has 17 heavy (non-hydrogen) atoms. The van der Waals surface area contributed by atoms with Gasteiger partial charge in [0.25, 0.3) is 0 Å². The van der Waals surface area contributed by atoms with Crippen molar-refractivity contribution in [2.75, 3.05) is 7.05 Å². The molecule has 1 aliphatic rings. The summed E-state index contributed by atoms with van der Waals surface area (Å²) in [5.74, 6) is 1.68. The fourth-order valence-corrected chi connectivity index (χ4v) is 3.17. The van der Waals surface area contributed by atoms with E-state index < -0.39 is 0 Å². The molecule has 1 unspecified atom stereocenters. The van der Waals surface area contributed by atoms with E-state index in [4.69, 9.17) is 0 Å². The molecule has 1 aromatic heterocycles. The maximum atomic E-state index is 4.47. The summed E-state index contributed by atoms with van der Waals surface area (Å²) in [7, 11) is 4.13. The van der Waals surface area contributed by atoms with Crippen LogP contribution in [0.2, 0.25) is 0 Å². The van der Waals surface area contributed by atoms with Crippen molar-refractivity contribution in [1.82, 2.24) is 15.1 Å². The Hall–Kier alpha value is -0.830. The maximum absolute atomic E-state index is 4.47. The first-order valence-electron chi connectivity index (χ1n) is 6.79. The van der Waals surface area contributed by atoms with Gasteiger partial charge in [-0.1, -0.05) is 19.8 Å². The Morgan fingerprint density at radius 3 is 2.47 bits per heavy atom. The molecule has 1 N–H and O–H groups in total. The minimum Gasteiger partial charge on any atom is -0.311 e. The van der Waals surface area contributed by atoms with E-state index in [1.165, 1.54) is 31.4 Å². The zero-order valence-corrected chi connectivity index (χ0v) is 11.5. The molecule has 1 aromatic rings. The van der Waals surface area contributed by atoms with Gasteiger partial charge in [0.15, 0.2) is 0 Å². The zero-order valence-electron chi connectivity index (χ0n) is 11.5. The monoisotopic (exact) mass is 235 g/mol. The second kappa shape index (κ2) is 5.21. The number of aryl methyl sites for hydroxylation is 2. The lowest BCUT2D eigenvalue weighted by Gasteiger charge is -2.32. The molecule has 0 spiro atoms. The Bertz CT molecular complexity index is 362. The lowest BCUT2D eigenvalue weighted by atomic mass is 9.78. The van der Waals surface area contributed by atoms with Gasteiger partial charge in [-0.05, 0) is 44.7 Å². The Balaban J connectivity index is 2.13. The highest BCUT2D eigenvalue weighted by molar-refractivity contribution is 5.14. The van der Waals surface area contributed by atoms with E-state index in [0.29, 0.717) is 6.04 Å². The van der Waals surface area contributed by atoms with Gasteiger partial charge in [0.1, 0.15) is 0 Å². The summed E-state index contributed by atoms with van der Waals surface area (Å²) in [4.78, 5) is 0. The highest BCUT2D eigenvalue weighted by Crippen LogP contribution is 2.36. The van der Waals surface area contributed by atoms with E-state index in [1.54, 1.807) is 0 Å². The predicted octanol–water partition coefficient (Wildman–Crippen LogP) is 2.82. The minimum absolute atomic E-state index is 0.466. The van der Waals surface area contributed by atoms with Crippen LogP contribution in [0.3, 0.4) is 0 Å². The number of hydrogen-bond acceptors (Lipinski definition) is 2. The van der Waals surface area contributed by atoms with Gasteiger partial charge in [-0.3, -0.25) is 4.68 Å². The molecule has 3 heteroatoms. The normalized spacial score (nSPS) is 27.1. The molecular formula is C14H25N3. The van der Waals surface area contributed by atoms with Gasteiger partial charge in [-0.2, -0.15) is 5.10 Å². The van der Waals surface area contributed by atoms with Gasteiger partial charge < -0.3 is 5.32 Å². The van der Waals surface area contributed by atoms with E-state index >= 15 is 0 Å². The lowest BCUT2D eigenvalue weighted by molar-refractivity contribution is 0.232. The number of nitrogens with zero attached hydrogens (tertiary/aromatic N) is 2. The predicted molar refractivity (Wildman–Crippen MR) is 70.9 cm³/mol. The summed E-state index contributed by atoms with van der Waals surface area (Å²) >= 11 is 0. The van der Waals surface area contributed by atoms with Gasteiger partial charge in [0, 0.05) is 7.05 Å². The maximum Gasteiger partial charge on any atom is 0.0597 e. The van der Waals surface area contributed by atoms with Crippen molar-refractivity contribution in [3.63, 3.8) is 0 Å². The third-order valence-corrected chi connectivity index (χ3v) is 4.20. The third-order valence-electron chi connectivity index (χ3n) is 4.20. The molecule has 0 bridgehead atoms. The molecule has 2 rings (SSSR count). The molecule has 0 saturated heterocycles. The van der Waals surface area contributed by atoms with Gasteiger partial charge in [0.05, 0.1) is 17.4 Å². The van der Waals surface area contributed by atoms with Crippen LogP contribution < -0.4 is 5.32 Å². The fraction of sp³-hybridized carbons (Fsp3) is 0.786. The fourth-order valence-electron chi connectivity index (χ4n) is 3.17. The highest BCUT2D eigenvalue weighted by Gasteiger charge is 2.28. The second-order valence-electron chi connectivity index (χ2n) is 5.62. The van der Waals surface area contributed by atoms with E-state index in [9.17, 15) is 0 Å². The first-order valence-corrected chi connectivity index (χ1v) is 6.79. The molecule has 0 amide bonds. The van der Waals surface area contributed by atoms with Gasteiger partial charge in [0.2, 0.25) is 0 Å². The molecule has 1 aliphatic carbocycles. The molecule has 1 fully saturated rings. The Morgan fingerprint density at radius 2 is 2.00 bits per heavy atom. The lowest BCUT2D eigenvalue weighted by Crippen LogP contribution is -2.29. The van der Waals surface area contributed by atoms with Crippen molar-refractivity contribution >= 4 is 0 Å². The van der Waals surface area contributed by atoms with Crippen LogP contribution >= 0.6 is 0 Å². The molecule has 0 aromatic carbocycles. The van der Waals surface area contributed by atoms with E-state index in [0.717, 1.165) is 17.5 Å². The molecule has 96 valence electrons. The zero-order chi connectivity index (χ0) is 12.4. The number of nitrogens with one attached hydrogen (secondary N) is 1. The van der Waals surface area contributed by atoms with Crippen LogP contribution in [0, 0.1) is 18.8 Å². The van der Waals surface area contributed by atoms with Crippen molar-refractivity contribution < 1.29 is 0 Å². The summed E-state index contributed by atoms with van der Waals surface area (Å²) in [5, 5.41) is 7.96. The minimum atomic E-state index is 0.466. The van der Waals surface area contributed by atoms with Crippen molar-refractivity contribution in [1.29, 1.82) is 0 Å². The smallest absolute Gasteiger partial charge is 0.0597 e. The molecule has 0 radical (unpaired) electrons. The van der Waals surface area contributed by atoms with Crippen LogP contribution in [0.15, 0.2) is 6.07 Å². The SMILES string of the molecule is CNC(c1cc(C)nn1C)C1CCC(C)CC1. The number of hydrogen-bond donors (Lipinski definition) is 1.